The molecular formula is C26H33N7O2. The molecule has 2 heterocycles. The van der Waals surface area contributed by atoms with Crippen molar-refractivity contribution in [2.45, 2.75) is 39.5 Å². The number of nitrogens with one attached hydrogen (secondary N) is 1. The van der Waals surface area contributed by atoms with Crippen LogP contribution in [0.2, 0.25) is 0 Å². The van der Waals surface area contributed by atoms with E-state index in [4.69, 9.17) is 15.5 Å². The number of unbranched alkanes of at least 4 members (excludes halogenated alkanes) is 1. The number of ether oxygens (including phenoxy) is 1. The molecule has 35 heavy (non-hydrogen) atoms. The van der Waals surface area contributed by atoms with Crippen LogP contribution in [0.1, 0.15) is 55.0 Å². The molecule has 1 aromatic carbocycles. The second kappa shape index (κ2) is 13.6. The number of pyridine rings is 1. The Morgan fingerprint density at radius 1 is 1.11 bits per heavy atom. The van der Waals surface area contributed by atoms with Gasteiger partial charge in [0, 0.05) is 43.0 Å². The average molecular weight is 476 g/mol. The van der Waals surface area contributed by atoms with E-state index in [2.05, 4.69) is 39.2 Å². The van der Waals surface area contributed by atoms with Crippen LogP contribution in [0.5, 0.6) is 5.88 Å². The van der Waals surface area contributed by atoms with Gasteiger partial charge in [-0.1, -0.05) is 32.4 Å². The normalized spacial score (nSPS) is 10.9. The van der Waals surface area contributed by atoms with Crippen LogP contribution < -0.4 is 20.8 Å². The first-order valence-corrected chi connectivity index (χ1v) is 11.9. The SMILES string of the molecule is CCCCN(CCC)c1cc(OCCc2ccccn2)nc(/C=N/Nc2cccc(C(N)=O)c2)n1. The van der Waals surface area contributed by atoms with Gasteiger partial charge in [0.2, 0.25) is 11.8 Å². The standard InChI is InChI=1S/C26H33N7O2/c1-3-5-15-33(14-4-2)24-18-25(35-16-12-21-10-6-7-13-28-21)31-23(30-24)19-29-32-22-11-8-9-20(17-22)26(27)34/h6-11,13,17-19,32H,3-5,12,14-16H2,1-2H3,(H2,27,34)/b29-19+. The molecule has 0 bridgehead atoms. The molecule has 2 aromatic heterocycles. The first kappa shape index (κ1) is 25.6. The van der Waals surface area contributed by atoms with E-state index in [-0.39, 0.29) is 0 Å². The molecule has 0 unspecified atom stereocenters. The Hall–Kier alpha value is -4.01. The Morgan fingerprint density at radius 2 is 2.00 bits per heavy atom. The number of carbonyl (C=O) groups is 1. The number of aromatic nitrogens is 3. The molecule has 3 rings (SSSR count). The Labute approximate surface area is 206 Å². The van der Waals surface area contributed by atoms with E-state index in [1.165, 1.54) is 6.21 Å². The Morgan fingerprint density at radius 3 is 2.74 bits per heavy atom. The number of carbonyl (C=O) groups excluding carboxylic acids is 1. The quantitative estimate of drug-likeness (QED) is 0.267. The van der Waals surface area contributed by atoms with E-state index < -0.39 is 5.91 Å². The van der Waals surface area contributed by atoms with Crippen molar-refractivity contribution < 1.29 is 9.53 Å². The van der Waals surface area contributed by atoms with Crippen LogP contribution in [0.4, 0.5) is 11.5 Å². The topological polar surface area (TPSA) is 119 Å². The maximum Gasteiger partial charge on any atom is 0.248 e. The third kappa shape index (κ3) is 8.37. The fraction of sp³-hybridized carbons (Fsp3) is 0.346. The van der Waals surface area contributed by atoms with E-state index in [9.17, 15) is 4.79 Å². The molecule has 9 heteroatoms. The van der Waals surface area contributed by atoms with Crippen LogP contribution >= 0.6 is 0 Å². The molecule has 0 aliphatic rings. The van der Waals surface area contributed by atoms with Crippen molar-refractivity contribution in [2.75, 3.05) is 30.0 Å². The van der Waals surface area contributed by atoms with Crippen molar-refractivity contribution in [3.63, 3.8) is 0 Å². The Kier molecular flexibility index (Phi) is 9.98. The van der Waals surface area contributed by atoms with Crippen molar-refractivity contribution in [1.29, 1.82) is 0 Å². The molecule has 0 fully saturated rings. The minimum atomic E-state index is -0.496. The zero-order valence-electron chi connectivity index (χ0n) is 20.4. The highest BCUT2D eigenvalue weighted by Gasteiger charge is 2.12. The van der Waals surface area contributed by atoms with Gasteiger partial charge in [0.25, 0.3) is 0 Å². The largest absolute Gasteiger partial charge is 0.477 e. The summed E-state index contributed by atoms with van der Waals surface area (Å²) in [5.74, 6) is 1.22. The number of amides is 1. The average Bonchev–Trinajstić information content (AvgIpc) is 2.87. The van der Waals surface area contributed by atoms with Gasteiger partial charge in [-0.15, -0.1) is 0 Å². The number of primary amides is 1. The summed E-state index contributed by atoms with van der Waals surface area (Å²) in [6, 6.07) is 14.5. The molecule has 3 aromatic rings. The van der Waals surface area contributed by atoms with Gasteiger partial charge in [0.15, 0.2) is 5.82 Å². The van der Waals surface area contributed by atoms with Gasteiger partial charge in [-0.2, -0.15) is 10.1 Å². The predicted molar refractivity (Wildman–Crippen MR) is 139 cm³/mol. The summed E-state index contributed by atoms with van der Waals surface area (Å²) in [7, 11) is 0. The molecule has 0 saturated carbocycles. The predicted octanol–water partition coefficient (Wildman–Crippen LogP) is 4.05. The Bertz CT molecular complexity index is 1110. The first-order chi connectivity index (χ1) is 17.1. The van der Waals surface area contributed by atoms with Crippen molar-refractivity contribution in [2.24, 2.45) is 10.8 Å². The lowest BCUT2D eigenvalue weighted by molar-refractivity contribution is 0.100. The first-order valence-electron chi connectivity index (χ1n) is 11.9. The molecule has 0 atom stereocenters. The highest BCUT2D eigenvalue weighted by atomic mass is 16.5. The molecule has 3 N–H and O–H groups in total. The second-order valence-electron chi connectivity index (χ2n) is 8.00. The molecule has 0 saturated heterocycles. The summed E-state index contributed by atoms with van der Waals surface area (Å²) in [4.78, 5) is 27.2. The van der Waals surface area contributed by atoms with E-state index in [1.54, 1.807) is 30.5 Å². The number of hydrogen-bond acceptors (Lipinski definition) is 8. The molecule has 1 amide bonds. The summed E-state index contributed by atoms with van der Waals surface area (Å²) < 4.78 is 5.98. The zero-order chi connectivity index (χ0) is 24.9. The van der Waals surface area contributed by atoms with Gasteiger partial charge < -0.3 is 15.4 Å². The van der Waals surface area contributed by atoms with Crippen molar-refractivity contribution >= 4 is 23.6 Å². The summed E-state index contributed by atoms with van der Waals surface area (Å²) in [6.07, 6.45) is 7.16. The van der Waals surface area contributed by atoms with Crippen LogP contribution in [0.25, 0.3) is 0 Å². The second-order valence-corrected chi connectivity index (χ2v) is 8.00. The highest BCUT2D eigenvalue weighted by Crippen LogP contribution is 2.19. The molecule has 0 aliphatic heterocycles. The van der Waals surface area contributed by atoms with Crippen molar-refractivity contribution in [3.05, 3.63) is 71.8 Å². The minimum absolute atomic E-state index is 0.401. The summed E-state index contributed by atoms with van der Waals surface area (Å²) in [5, 5.41) is 4.25. The monoisotopic (exact) mass is 475 g/mol. The lowest BCUT2D eigenvalue weighted by atomic mass is 10.2. The van der Waals surface area contributed by atoms with Crippen LogP contribution in [0.15, 0.2) is 59.8 Å². The van der Waals surface area contributed by atoms with Crippen molar-refractivity contribution in [3.8, 4) is 5.88 Å². The van der Waals surface area contributed by atoms with Gasteiger partial charge in [-0.3, -0.25) is 15.2 Å². The number of rotatable bonds is 14. The number of anilines is 2. The number of hydrogen-bond donors (Lipinski definition) is 2. The van der Waals surface area contributed by atoms with E-state index in [0.717, 1.165) is 43.9 Å². The molecule has 0 radical (unpaired) electrons. The van der Waals surface area contributed by atoms with Crippen LogP contribution in [0.3, 0.4) is 0 Å². The summed E-state index contributed by atoms with van der Waals surface area (Å²) >= 11 is 0. The number of nitrogens with zero attached hydrogens (tertiary/aromatic N) is 5. The van der Waals surface area contributed by atoms with Crippen molar-refractivity contribution in [1.82, 2.24) is 15.0 Å². The Balaban J connectivity index is 1.78. The van der Waals surface area contributed by atoms with Crippen LogP contribution in [0, 0.1) is 0 Å². The van der Waals surface area contributed by atoms with Gasteiger partial charge in [-0.25, -0.2) is 4.98 Å². The number of benzene rings is 1. The highest BCUT2D eigenvalue weighted by molar-refractivity contribution is 5.93. The molecular weight excluding hydrogens is 442 g/mol. The summed E-state index contributed by atoms with van der Waals surface area (Å²) in [6.45, 7) is 6.57. The molecule has 0 aliphatic carbocycles. The maximum atomic E-state index is 11.4. The van der Waals surface area contributed by atoms with Crippen LogP contribution in [-0.2, 0) is 6.42 Å². The van der Waals surface area contributed by atoms with Gasteiger partial charge >= 0.3 is 0 Å². The van der Waals surface area contributed by atoms with E-state index in [1.807, 2.05) is 24.3 Å². The maximum absolute atomic E-state index is 11.4. The van der Waals surface area contributed by atoms with E-state index in [0.29, 0.717) is 36.0 Å². The smallest absolute Gasteiger partial charge is 0.248 e. The molecule has 0 spiro atoms. The fourth-order valence-electron chi connectivity index (χ4n) is 3.40. The number of nitrogens with two attached hydrogens (primary N) is 1. The van der Waals surface area contributed by atoms with E-state index >= 15 is 0 Å². The molecule has 9 nitrogen and oxygen atoms in total. The van der Waals surface area contributed by atoms with Gasteiger partial charge in [-0.05, 0) is 43.2 Å². The van der Waals surface area contributed by atoms with Crippen LogP contribution in [-0.4, -0.2) is 46.8 Å². The molecule has 184 valence electrons. The fourth-order valence-corrected chi connectivity index (χ4v) is 3.40. The zero-order valence-corrected chi connectivity index (χ0v) is 20.4. The number of hydrazone groups is 1. The third-order valence-electron chi connectivity index (χ3n) is 5.16. The van der Waals surface area contributed by atoms with Gasteiger partial charge in [0.1, 0.15) is 5.82 Å². The summed E-state index contributed by atoms with van der Waals surface area (Å²) in [5.41, 5.74) is 10.2. The minimum Gasteiger partial charge on any atom is -0.477 e. The third-order valence-corrected chi connectivity index (χ3v) is 5.16. The van der Waals surface area contributed by atoms with Gasteiger partial charge in [0.05, 0.1) is 18.5 Å². The lowest BCUT2D eigenvalue weighted by Gasteiger charge is -2.23. The lowest BCUT2D eigenvalue weighted by Crippen LogP contribution is -2.26.